The smallest absolute Gasteiger partial charge is 0.193 e. The van der Waals surface area contributed by atoms with Gasteiger partial charge in [0.05, 0.1) is 3.79 Å². The van der Waals surface area contributed by atoms with Gasteiger partial charge in [-0.3, -0.25) is 4.79 Å². The Bertz CT molecular complexity index is 522. The minimum absolute atomic E-state index is 0.0914. The van der Waals surface area contributed by atoms with Crippen molar-refractivity contribution >= 4 is 33.0 Å². The van der Waals surface area contributed by atoms with Gasteiger partial charge in [0.25, 0.3) is 0 Å². The number of carbonyl (C=O) groups is 1. The Morgan fingerprint density at radius 2 is 1.69 bits per heavy atom. The van der Waals surface area contributed by atoms with E-state index in [0.29, 0.717) is 0 Å². The zero-order chi connectivity index (χ0) is 11.7. The highest BCUT2D eigenvalue weighted by Crippen LogP contribution is 2.23. The van der Waals surface area contributed by atoms with E-state index >= 15 is 0 Å². The average molecular weight is 295 g/mol. The molecule has 0 fully saturated rings. The van der Waals surface area contributed by atoms with Gasteiger partial charge in [-0.1, -0.05) is 17.2 Å². The first-order chi connectivity index (χ1) is 7.56. The molecule has 2 rings (SSSR count). The van der Waals surface area contributed by atoms with Gasteiger partial charge in [0.1, 0.15) is 0 Å². The second kappa shape index (κ2) is 4.52. The van der Waals surface area contributed by atoms with Crippen LogP contribution in [-0.2, 0) is 0 Å². The first kappa shape index (κ1) is 11.6. The molecule has 16 heavy (non-hydrogen) atoms. The van der Waals surface area contributed by atoms with E-state index in [4.69, 9.17) is 0 Å². The predicted octanol–water partition coefficient (Wildman–Crippen LogP) is 4.36. The van der Waals surface area contributed by atoms with Crippen LogP contribution in [0.3, 0.4) is 0 Å². The van der Waals surface area contributed by atoms with Crippen LogP contribution in [0.15, 0.2) is 33.4 Å². The van der Waals surface area contributed by atoms with Crippen LogP contribution in [0.5, 0.6) is 0 Å². The number of benzene rings is 1. The Hall–Kier alpha value is -0.930. The number of ketones is 1. The number of hydrogen-bond donors (Lipinski definition) is 0. The molecule has 3 heteroatoms. The standard InChI is InChI=1S/C13H11BrOS/c1-8-3-9(2)5-10(4-8)13(15)11-6-12(14)16-7-11/h3-7H,1-2H3. The zero-order valence-electron chi connectivity index (χ0n) is 9.08. The Morgan fingerprint density at radius 1 is 1.06 bits per heavy atom. The van der Waals surface area contributed by atoms with Crippen molar-refractivity contribution in [3.05, 3.63) is 55.7 Å². The molecule has 0 bridgehead atoms. The molecule has 0 N–H and O–H groups in total. The third-order valence-electron chi connectivity index (χ3n) is 2.31. The van der Waals surface area contributed by atoms with Gasteiger partial charge in [-0.25, -0.2) is 0 Å². The fraction of sp³-hybridized carbons (Fsp3) is 0.154. The van der Waals surface area contributed by atoms with Crippen molar-refractivity contribution in [2.75, 3.05) is 0 Å². The highest BCUT2D eigenvalue weighted by molar-refractivity contribution is 9.11. The molecule has 1 aromatic heterocycles. The van der Waals surface area contributed by atoms with E-state index < -0.39 is 0 Å². The largest absolute Gasteiger partial charge is 0.289 e. The predicted molar refractivity (Wildman–Crippen MR) is 71.4 cm³/mol. The van der Waals surface area contributed by atoms with Crippen LogP contribution in [0.25, 0.3) is 0 Å². The van der Waals surface area contributed by atoms with Gasteiger partial charge in [-0.15, -0.1) is 11.3 Å². The topological polar surface area (TPSA) is 17.1 Å². The van der Waals surface area contributed by atoms with E-state index in [1.165, 1.54) is 11.3 Å². The molecule has 0 unspecified atom stereocenters. The molecular formula is C13H11BrOS. The molecule has 1 heterocycles. The summed E-state index contributed by atoms with van der Waals surface area (Å²) >= 11 is 4.90. The van der Waals surface area contributed by atoms with Gasteiger partial charge >= 0.3 is 0 Å². The van der Waals surface area contributed by atoms with Crippen LogP contribution in [-0.4, -0.2) is 5.78 Å². The SMILES string of the molecule is Cc1cc(C)cc(C(=O)c2csc(Br)c2)c1. The van der Waals surface area contributed by atoms with Gasteiger partial charge < -0.3 is 0 Å². The second-order valence-electron chi connectivity index (χ2n) is 3.85. The number of aryl methyl sites for hydroxylation is 2. The van der Waals surface area contributed by atoms with E-state index in [9.17, 15) is 4.79 Å². The Labute approximate surface area is 107 Å². The van der Waals surface area contributed by atoms with Crippen LogP contribution in [0.1, 0.15) is 27.0 Å². The summed E-state index contributed by atoms with van der Waals surface area (Å²) in [5.41, 5.74) is 3.76. The third-order valence-corrected chi connectivity index (χ3v) is 3.82. The molecule has 0 aliphatic carbocycles. The number of hydrogen-bond acceptors (Lipinski definition) is 2. The molecule has 0 saturated carbocycles. The van der Waals surface area contributed by atoms with E-state index in [0.717, 1.165) is 26.0 Å². The maximum Gasteiger partial charge on any atom is 0.193 e. The van der Waals surface area contributed by atoms with Gasteiger partial charge in [0, 0.05) is 16.5 Å². The quantitative estimate of drug-likeness (QED) is 0.752. The molecule has 0 atom stereocenters. The van der Waals surface area contributed by atoms with E-state index in [1.54, 1.807) is 0 Å². The summed E-state index contributed by atoms with van der Waals surface area (Å²) in [6.07, 6.45) is 0. The summed E-state index contributed by atoms with van der Waals surface area (Å²) in [5.74, 6) is 0.0914. The van der Waals surface area contributed by atoms with Crippen LogP contribution in [0.2, 0.25) is 0 Å². The van der Waals surface area contributed by atoms with Crippen LogP contribution in [0, 0.1) is 13.8 Å². The summed E-state index contributed by atoms with van der Waals surface area (Å²) in [4.78, 5) is 12.1. The summed E-state index contributed by atoms with van der Waals surface area (Å²) in [6, 6.07) is 7.80. The average Bonchev–Trinajstić information content (AvgIpc) is 2.62. The van der Waals surface area contributed by atoms with Crippen LogP contribution in [0.4, 0.5) is 0 Å². The van der Waals surface area contributed by atoms with Crippen molar-refractivity contribution in [3.63, 3.8) is 0 Å². The van der Waals surface area contributed by atoms with Gasteiger partial charge in [-0.05, 0) is 48.0 Å². The molecule has 1 nitrogen and oxygen atoms in total. The van der Waals surface area contributed by atoms with Gasteiger partial charge in [0.2, 0.25) is 0 Å². The molecule has 0 aliphatic rings. The maximum absolute atomic E-state index is 12.1. The second-order valence-corrected chi connectivity index (χ2v) is 6.14. The summed E-state index contributed by atoms with van der Waals surface area (Å²) < 4.78 is 0.986. The van der Waals surface area contributed by atoms with Crippen LogP contribution < -0.4 is 0 Å². The summed E-state index contributed by atoms with van der Waals surface area (Å²) in [7, 11) is 0. The highest BCUT2D eigenvalue weighted by atomic mass is 79.9. The van der Waals surface area contributed by atoms with Crippen molar-refractivity contribution in [3.8, 4) is 0 Å². The summed E-state index contributed by atoms with van der Waals surface area (Å²) in [5, 5.41) is 1.88. The molecule has 82 valence electrons. The highest BCUT2D eigenvalue weighted by Gasteiger charge is 2.11. The Kier molecular flexibility index (Phi) is 3.26. The molecular weight excluding hydrogens is 284 g/mol. The normalized spacial score (nSPS) is 10.4. The minimum atomic E-state index is 0.0914. The fourth-order valence-electron chi connectivity index (χ4n) is 1.70. The molecule has 2 aromatic rings. The van der Waals surface area contributed by atoms with Crippen molar-refractivity contribution in [2.45, 2.75) is 13.8 Å². The summed E-state index contributed by atoms with van der Waals surface area (Å²) in [6.45, 7) is 4.01. The van der Waals surface area contributed by atoms with Crippen LogP contribution >= 0.6 is 27.3 Å². The lowest BCUT2D eigenvalue weighted by atomic mass is 10.0. The molecule has 0 spiro atoms. The Morgan fingerprint density at radius 3 is 2.19 bits per heavy atom. The molecule has 0 amide bonds. The Balaban J connectivity index is 2.41. The fourth-order valence-corrected chi connectivity index (χ4v) is 2.84. The lowest BCUT2D eigenvalue weighted by Gasteiger charge is -2.02. The number of rotatable bonds is 2. The van der Waals surface area contributed by atoms with Crippen molar-refractivity contribution in [2.24, 2.45) is 0 Å². The third kappa shape index (κ3) is 2.42. The van der Waals surface area contributed by atoms with Gasteiger partial charge in [-0.2, -0.15) is 0 Å². The monoisotopic (exact) mass is 294 g/mol. The van der Waals surface area contributed by atoms with E-state index in [-0.39, 0.29) is 5.78 Å². The number of halogens is 1. The van der Waals surface area contributed by atoms with Crippen molar-refractivity contribution in [1.29, 1.82) is 0 Å². The van der Waals surface area contributed by atoms with Gasteiger partial charge in [0.15, 0.2) is 5.78 Å². The molecule has 1 aromatic carbocycles. The minimum Gasteiger partial charge on any atom is -0.289 e. The maximum atomic E-state index is 12.1. The molecule has 0 saturated heterocycles. The van der Waals surface area contributed by atoms with E-state index in [1.807, 2.05) is 37.4 Å². The van der Waals surface area contributed by atoms with Crippen molar-refractivity contribution in [1.82, 2.24) is 0 Å². The first-order valence-electron chi connectivity index (χ1n) is 4.93. The number of thiophene rings is 1. The lowest BCUT2D eigenvalue weighted by Crippen LogP contribution is -2.00. The van der Waals surface area contributed by atoms with E-state index in [2.05, 4.69) is 22.0 Å². The molecule has 0 radical (unpaired) electrons. The first-order valence-corrected chi connectivity index (χ1v) is 6.60. The lowest BCUT2D eigenvalue weighted by molar-refractivity contribution is 0.103. The number of carbonyl (C=O) groups excluding carboxylic acids is 1. The van der Waals surface area contributed by atoms with Crippen molar-refractivity contribution < 1.29 is 4.79 Å². The zero-order valence-corrected chi connectivity index (χ0v) is 11.5. The molecule has 0 aliphatic heterocycles.